The number of benzene rings is 1. The average molecular weight is 343 g/mol. The molecule has 11 heteroatoms. The smallest absolute Gasteiger partial charge is 0.394 e. The molecule has 1 aliphatic rings. The summed E-state index contributed by atoms with van der Waals surface area (Å²) in [5.41, 5.74) is 6.65. The van der Waals surface area contributed by atoms with Crippen LogP contribution in [0.3, 0.4) is 0 Å². The Labute approximate surface area is 125 Å². The summed E-state index contributed by atoms with van der Waals surface area (Å²) in [6.45, 7) is 1.70. The normalized spacial score (nSPS) is 13.9. The maximum absolute atomic E-state index is 8.74. The second kappa shape index (κ2) is 6.95. The first-order valence-corrected chi connectivity index (χ1v) is 7.33. The van der Waals surface area contributed by atoms with Crippen LogP contribution in [-0.2, 0) is 10.4 Å². The molecule has 0 aliphatic carbocycles. The van der Waals surface area contributed by atoms with Gasteiger partial charge in [0.15, 0.2) is 5.96 Å². The van der Waals surface area contributed by atoms with Crippen LogP contribution in [0.1, 0.15) is 0 Å². The molecule has 0 unspecified atom stereocenters. The van der Waals surface area contributed by atoms with Gasteiger partial charge >= 0.3 is 10.4 Å². The topological polar surface area (TPSA) is 137 Å². The summed E-state index contributed by atoms with van der Waals surface area (Å²) >= 11 is 12.0. The van der Waals surface area contributed by atoms with Gasteiger partial charge in [-0.2, -0.15) is 8.42 Å². The molecule has 1 heterocycles. The van der Waals surface area contributed by atoms with Gasteiger partial charge in [0.25, 0.3) is 0 Å². The zero-order chi connectivity index (χ0) is 15.3. The van der Waals surface area contributed by atoms with E-state index in [-0.39, 0.29) is 0 Å². The Morgan fingerprint density at radius 2 is 1.55 bits per heavy atom. The number of anilines is 1. The molecule has 0 bridgehead atoms. The fraction of sp³-hybridized carbons (Fsp3) is 0.222. The predicted octanol–water partition coefficient (Wildman–Crippen LogP) is 1.10. The number of hydrogen-bond acceptors (Lipinski definition) is 4. The third kappa shape index (κ3) is 6.26. The van der Waals surface area contributed by atoms with Crippen LogP contribution < -0.4 is 16.4 Å². The van der Waals surface area contributed by atoms with Crippen molar-refractivity contribution in [3.8, 4) is 0 Å². The van der Waals surface area contributed by atoms with E-state index >= 15 is 0 Å². The number of guanidine groups is 1. The minimum atomic E-state index is -4.67. The molecule has 1 aromatic rings. The summed E-state index contributed by atoms with van der Waals surface area (Å²) in [4.78, 5) is 4.27. The van der Waals surface area contributed by atoms with Gasteiger partial charge in [-0.1, -0.05) is 23.2 Å². The molecule has 0 amide bonds. The predicted molar refractivity (Wildman–Crippen MR) is 78.2 cm³/mol. The molecule has 0 saturated carbocycles. The van der Waals surface area contributed by atoms with Gasteiger partial charge in [0.2, 0.25) is 0 Å². The zero-order valence-electron chi connectivity index (χ0n) is 9.97. The van der Waals surface area contributed by atoms with Crippen molar-refractivity contribution in [2.24, 2.45) is 4.99 Å². The summed E-state index contributed by atoms with van der Waals surface area (Å²) in [6, 6.07) is 3.25. The van der Waals surface area contributed by atoms with Gasteiger partial charge in [-0.05, 0) is 12.1 Å². The Kier molecular flexibility index (Phi) is 5.84. The summed E-state index contributed by atoms with van der Waals surface area (Å²) in [5, 5.41) is 7.02. The summed E-state index contributed by atoms with van der Waals surface area (Å²) in [6.07, 6.45) is 0. The second-order valence-corrected chi connectivity index (χ2v) is 5.31. The van der Waals surface area contributed by atoms with Gasteiger partial charge in [0.1, 0.15) is 5.69 Å². The summed E-state index contributed by atoms with van der Waals surface area (Å²) in [7, 11) is -4.67. The van der Waals surface area contributed by atoms with Gasteiger partial charge < -0.3 is 16.4 Å². The van der Waals surface area contributed by atoms with Crippen molar-refractivity contribution in [1.29, 1.82) is 0 Å². The lowest BCUT2D eigenvalue weighted by Crippen LogP contribution is -2.23. The number of hydrogen-bond donors (Lipinski definition) is 5. The molecule has 6 N–H and O–H groups in total. The van der Waals surface area contributed by atoms with E-state index in [4.69, 9.17) is 46.5 Å². The van der Waals surface area contributed by atoms with E-state index in [1.807, 2.05) is 0 Å². The number of nitrogen functional groups attached to an aromatic ring is 1. The zero-order valence-corrected chi connectivity index (χ0v) is 12.3. The molecule has 8 nitrogen and oxygen atoms in total. The number of halogens is 2. The first-order chi connectivity index (χ1) is 9.16. The monoisotopic (exact) mass is 342 g/mol. The lowest BCUT2D eigenvalue weighted by Gasteiger charge is -2.05. The quantitative estimate of drug-likeness (QED) is 0.380. The molecular weight excluding hydrogens is 331 g/mol. The van der Waals surface area contributed by atoms with Crippen LogP contribution in [0, 0.1) is 0 Å². The highest BCUT2D eigenvalue weighted by atomic mass is 35.5. The minimum absolute atomic E-state index is 0.447. The maximum atomic E-state index is 8.74. The van der Waals surface area contributed by atoms with E-state index < -0.39 is 10.4 Å². The van der Waals surface area contributed by atoms with Gasteiger partial charge in [0, 0.05) is 18.8 Å². The highest BCUT2D eigenvalue weighted by Gasteiger charge is 2.10. The molecule has 1 saturated heterocycles. The van der Waals surface area contributed by atoms with E-state index in [2.05, 4.69) is 15.6 Å². The molecule has 1 aliphatic heterocycles. The van der Waals surface area contributed by atoms with Crippen molar-refractivity contribution in [3.63, 3.8) is 0 Å². The lowest BCUT2D eigenvalue weighted by atomic mass is 10.3. The maximum Gasteiger partial charge on any atom is 0.394 e. The number of aliphatic imine (C=N–C) groups is 1. The van der Waals surface area contributed by atoms with E-state index in [0.29, 0.717) is 27.4 Å². The van der Waals surface area contributed by atoms with Crippen molar-refractivity contribution in [3.05, 3.63) is 22.2 Å². The van der Waals surface area contributed by atoms with E-state index in [1.165, 1.54) is 0 Å². The van der Waals surface area contributed by atoms with Crippen molar-refractivity contribution in [2.45, 2.75) is 0 Å². The van der Waals surface area contributed by atoms with Crippen LogP contribution in [0.25, 0.3) is 0 Å². The molecule has 20 heavy (non-hydrogen) atoms. The molecule has 1 fully saturated rings. The molecular formula is C9H12Cl2N4O4S. The molecule has 2 rings (SSSR count). The van der Waals surface area contributed by atoms with Gasteiger partial charge in [0.05, 0.1) is 10.0 Å². The Morgan fingerprint density at radius 3 is 1.95 bits per heavy atom. The van der Waals surface area contributed by atoms with Crippen LogP contribution in [0.15, 0.2) is 17.1 Å². The molecule has 1 aromatic carbocycles. The van der Waals surface area contributed by atoms with Gasteiger partial charge in [-0.3, -0.25) is 9.11 Å². The van der Waals surface area contributed by atoms with E-state index in [9.17, 15) is 0 Å². The Bertz CT molecular complexity index is 581. The third-order valence-electron chi connectivity index (χ3n) is 1.97. The molecule has 112 valence electrons. The number of nitrogens with zero attached hydrogens (tertiary/aromatic N) is 1. The highest BCUT2D eigenvalue weighted by Crippen LogP contribution is 2.35. The van der Waals surface area contributed by atoms with Crippen molar-refractivity contribution < 1.29 is 17.5 Å². The first kappa shape index (κ1) is 16.8. The highest BCUT2D eigenvalue weighted by molar-refractivity contribution is 7.79. The Morgan fingerprint density at radius 1 is 1.15 bits per heavy atom. The molecule has 0 atom stereocenters. The summed E-state index contributed by atoms with van der Waals surface area (Å²) < 4.78 is 31.6. The van der Waals surface area contributed by atoms with E-state index in [0.717, 1.165) is 13.1 Å². The van der Waals surface area contributed by atoms with Crippen LogP contribution in [0.4, 0.5) is 11.4 Å². The Hall–Kier alpha value is -1.26. The van der Waals surface area contributed by atoms with Gasteiger partial charge in [-0.25, -0.2) is 4.99 Å². The Balaban J connectivity index is 0.000000347. The van der Waals surface area contributed by atoms with Crippen LogP contribution >= 0.6 is 23.2 Å². The fourth-order valence-electron chi connectivity index (χ4n) is 1.31. The molecule has 0 radical (unpaired) electrons. The lowest BCUT2D eigenvalue weighted by molar-refractivity contribution is 0.381. The number of rotatable bonds is 1. The SMILES string of the molecule is Nc1cc(Cl)c(N=C2NCCN2)c(Cl)c1.O=S(=O)(O)O. The fourth-order valence-corrected chi connectivity index (χ4v) is 1.90. The van der Waals surface area contributed by atoms with Crippen LogP contribution in [-0.4, -0.2) is 36.6 Å². The first-order valence-electron chi connectivity index (χ1n) is 5.17. The van der Waals surface area contributed by atoms with Crippen LogP contribution in [0.2, 0.25) is 10.0 Å². The third-order valence-corrected chi connectivity index (χ3v) is 2.55. The molecule has 0 spiro atoms. The van der Waals surface area contributed by atoms with Crippen LogP contribution in [0.5, 0.6) is 0 Å². The largest absolute Gasteiger partial charge is 0.399 e. The summed E-state index contributed by atoms with van der Waals surface area (Å²) in [5.74, 6) is 0.684. The van der Waals surface area contributed by atoms with Crippen molar-refractivity contribution in [1.82, 2.24) is 10.6 Å². The minimum Gasteiger partial charge on any atom is -0.399 e. The average Bonchev–Trinajstić information content (AvgIpc) is 2.73. The number of nitrogens with two attached hydrogens (primary N) is 1. The second-order valence-electron chi connectivity index (χ2n) is 3.59. The number of nitrogens with one attached hydrogen (secondary N) is 2. The van der Waals surface area contributed by atoms with Crippen molar-refractivity contribution >= 4 is 50.9 Å². The standard InChI is InChI=1S/C9H10Cl2N4.H2O4S/c10-6-3-5(12)4-7(11)8(6)15-9-13-1-2-14-9;1-5(2,3)4/h3-4H,1-2,12H2,(H2,13,14,15);(H2,1,2,3,4). The van der Waals surface area contributed by atoms with E-state index in [1.54, 1.807) is 12.1 Å². The van der Waals surface area contributed by atoms with Crippen molar-refractivity contribution in [2.75, 3.05) is 18.8 Å². The van der Waals surface area contributed by atoms with Gasteiger partial charge in [-0.15, -0.1) is 0 Å². The molecule has 0 aromatic heterocycles.